The average Bonchev–Trinajstić information content (AvgIpc) is 2.18. The molecule has 1 aromatic carbocycles. The summed E-state index contributed by atoms with van der Waals surface area (Å²) in [7, 11) is 0. The molecule has 0 saturated carbocycles. The SMILES string of the molecule is C=CC(C)(NC(=O)O)c1ccccc1. The van der Waals surface area contributed by atoms with E-state index in [0.717, 1.165) is 5.56 Å². The normalized spacial score (nSPS) is 14.1. The van der Waals surface area contributed by atoms with Gasteiger partial charge in [-0.25, -0.2) is 4.79 Å². The van der Waals surface area contributed by atoms with E-state index in [2.05, 4.69) is 11.9 Å². The summed E-state index contributed by atoms with van der Waals surface area (Å²) in [5.74, 6) is 0. The summed E-state index contributed by atoms with van der Waals surface area (Å²) in [6.45, 7) is 5.40. The maximum Gasteiger partial charge on any atom is 0.405 e. The molecule has 0 bridgehead atoms. The molecule has 1 aromatic rings. The maximum atomic E-state index is 10.6. The van der Waals surface area contributed by atoms with E-state index in [0.29, 0.717) is 0 Å². The Morgan fingerprint density at radius 1 is 1.50 bits per heavy atom. The van der Waals surface area contributed by atoms with Crippen LogP contribution in [0.1, 0.15) is 12.5 Å². The van der Waals surface area contributed by atoms with Crippen molar-refractivity contribution in [3.8, 4) is 0 Å². The van der Waals surface area contributed by atoms with E-state index in [1.54, 1.807) is 13.0 Å². The van der Waals surface area contributed by atoms with Crippen LogP contribution < -0.4 is 5.32 Å². The second-order valence-corrected chi connectivity index (χ2v) is 3.20. The third-order valence-electron chi connectivity index (χ3n) is 2.15. The van der Waals surface area contributed by atoms with Gasteiger partial charge in [0.05, 0.1) is 5.54 Å². The average molecular weight is 191 g/mol. The molecule has 2 N–H and O–H groups in total. The van der Waals surface area contributed by atoms with Crippen LogP contribution in [-0.2, 0) is 5.54 Å². The van der Waals surface area contributed by atoms with Gasteiger partial charge >= 0.3 is 6.09 Å². The largest absolute Gasteiger partial charge is 0.465 e. The van der Waals surface area contributed by atoms with Gasteiger partial charge in [0, 0.05) is 0 Å². The zero-order valence-electron chi connectivity index (χ0n) is 8.03. The summed E-state index contributed by atoms with van der Waals surface area (Å²) in [5.41, 5.74) is 0.144. The van der Waals surface area contributed by atoms with Gasteiger partial charge in [-0.2, -0.15) is 0 Å². The van der Waals surface area contributed by atoms with Gasteiger partial charge in [0.15, 0.2) is 0 Å². The minimum atomic E-state index is -1.06. The predicted octanol–water partition coefficient (Wildman–Crippen LogP) is 2.36. The number of hydrogen-bond donors (Lipinski definition) is 2. The lowest BCUT2D eigenvalue weighted by molar-refractivity contribution is 0.185. The molecule has 3 nitrogen and oxygen atoms in total. The number of amides is 1. The second kappa shape index (κ2) is 3.96. The first-order valence-corrected chi connectivity index (χ1v) is 4.29. The number of hydrogen-bond acceptors (Lipinski definition) is 1. The first kappa shape index (κ1) is 10.3. The molecule has 1 unspecified atom stereocenters. The van der Waals surface area contributed by atoms with Crippen molar-refractivity contribution in [2.75, 3.05) is 0 Å². The molecule has 1 atom stereocenters. The lowest BCUT2D eigenvalue weighted by Gasteiger charge is -2.26. The van der Waals surface area contributed by atoms with Gasteiger partial charge in [0.1, 0.15) is 0 Å². The minimum Gasteiger partial charge on any atom is -0.465 e. The van der Waals surface area contributed by atoms with Crippen molar-refractivity contribution in [1.29, 1.82) is 0 Å². The van der Waals surface area contributed by atoms with E-state index in [9.17, 15) is 4.79 Å². The van der Waals surface area contributed by atoms with Crippen LogP contribution in [0.25, 0.3) is 0 Å². The van der Waals surface area contributed by atoms with Crippen LogP contribution in [0, 0.1) is 0 Å². The fourth-order valence-corrected chi connectivity index (χ4v) is 1.25. The van der Waals surface area contributed by atoms with Crippen LogP contribution in [0.3, 0.4) is 0 Å². The molecule has 74 valence electrons. The van der Waals surface area contributed by atoms with Crippen LogP contribution in [0.15, 0.2) is 43.0 Å². The Morgan fingerprint density at radius 2 is 2.07 bits per heavy atom. The molecule has 3 heteroatoms. The van der Waals surface area contributed by atoms with Crippen molar-refractivity contribution < 1.29 is 9.90 Å². The third kappa shape index (κ3) is 2.13. The van der Waals surface area contributed by atoms with Gasteiger partial charge in [-0.05, 0) is 12.5 Å². The van der Waals surface area contributed by atoms with Gasteiger partial charge in [-0.15, -0.1) is 6.58 Å². The van der Waals surface area contributed by atoms with E-state index in [1.165, 1.54) is 0 Å². The van der Waals surface area contributed by atoms with Crippen molar-refractivity contribution in [3.63, 3.8) is 0 Å². The number of benzene rings is 1. The van der Waals surface area contributed by atoms with Crippen LogP contribution in [0.4, 0.5) is 4.79 Å². The number of carboxylic acid groups (broad SMARTS) is 1. The highest BCUT2D eigenvalue weighted by Gasteiger charge is 2.24. The smallest absolute Gasteiger partial charge is 0.405 e. The predicted molar refractivity (Wildman–Crippen MR) is 55.2 cm³/mol. The molecular formula is C11H13NO2. The van der Waals surface area contributed by atoms with Crippen molar-refractivity contribution in [2.24, 2.45) is 0 Å². The maximum absolute atomic E-state index is 10.6. The summed E-state index contributed by atoms with van der Waals surface area (Å²) >= 11 is 0. The minimum absolute atomic E-state index is 0.729. The Balaban J connectivity index is 3.01. The van der Waals surface area contributed by atoms with Crippen molar-refractivity contribution >= 4 is 6.09 Å². The lowest BCUT2D eigenvalue weighted by atomic mass is 9.92. The summed E-state index contributed by atoms with van der Waals surface area (Å²) < 4.78 is 0. The summed E-state index contributed by atoms with van der Waals surface area (Å²) in [5, 5.41) is 11.1. The van der Waals surface area contributed by atoms with Crippen LogP contribution in [-0.4, -0.2) is 11.2 Å². The van der Waals surface area contributed by atoms with Gasteiger partial charge in [0.2, 0.25) is 0 Å². The molecule has 0 saturated heterocycles. The fourth-order valence-electron chi connectivity index (χ4n) is 1.25. The zero-order chi connectivity index (χ0) is 10.6. The molecule has 14 heavy (non-hydrogen) atoms. The standard InChI is InChI=1S/C11H13NO2/c1-3-11(2,12-10(13)14)9-7-5-4-6-8-9/h3-8,12H,1H2,2H3,(H,13,14). The van der Waals surface area contributed by atoms with Crippen molar-refractivity contribution in [2.45, 2.75) is 12.5 Å². The number of carbonyl (C=O) groups is 1. The molecule has 0 heterocycles. The first-order valence-electron chi connectivity index (χ1n) is 4.29. The van der Waals surface area contributed by atoms with E-state index >= 15 is 0 Å². The molecule has 0 aromatic heterocycles. The monoisotopic (exact) mass is 191 g/mol. The lowest BCUT2D eigenvalue weighted by Crippen LogP contribution is -2.40. The van der Waals surface area contributed by atoms with Crippen molar-refractivity contribution in [3.05, 3.63) is 48.6 Å². The molecule has 1 amide bonds. The Kier molecular flexibility index (Phi) is 2.92. The van der Waals surface area contributed by atoms with E-state index in [-0.39, 0.29) is 0 Å². The topological polar surface area (TPSA) is 49.3 Å². The molecule has 1 rings (SSSR count). The van der Waals surface area contributed by atoms with Crippen LogP contribution in [0.2, 0.25) is 0 Å². The Labute approximate surface area is 83.1 Å². The third-order valence-corrected chi connectivity index (χ3v) is 2.15. The number of rotatable bonds is 3. The van der Waals surface area contributed by atoms with Gasteiger partial charge in [-0.1, -0.05) is 36.4 Å². The zero-order valence-corrected chi connectivity index (χ0v) is 8.03. The van der Waals surface area contributed by atoms with Gasteiger partial charge in [0.25, 0.3) is 0 Å². The van der Waals surface area contributed by atoms with E-state index in [4.69, 9.17) is 5.11 Å². The highest BCUT2D eigenvalue weighted by molar-refractivity contribution is 5.66. The van der Waals surface area contributed by atoms with E-state index < -0.39 is 11.6 Å². The second-order valence-electron chi connectivity index (χ2n) is 3.20. The van der Waals surface area contributed by atoms with Crippen LogP contribution in [0.5, 0.6) is 0 Å². The molecule has 0 radical (unpaired) electrons. The summed E-state index contributed by atoms with van der Waals surface area (Å²) in [6, 6.07) is 9.32. The fraction of sp³-hybridized carbons (Fsp3) is 0.182. The highest BCUT2D eigenvalue weighted by atomic mass is 16.4. The Bertz CT molecular complexity index is 334. The number of nitrogens with one attached hydrogen (secondary N) is 1. The quantitative estimate of drug-likeness (QED) is 0.720. The molecule has 0 spiro atoms. The highest BCUT2D eigenvalue weighted by Crippen LogP contribution is 2.21. The van der Waals surface area contributed by atoms with Crippen LogP contribution >= 0.6 is 0 Å². The first-order chi connectivity index (χ1) is 6.58. The van der Waals surface area contributed by atoms with Gasteiger partial charge in [-0.3, -0.25) is 0 Å². The molecule has 0 aliphatic rings. The molecule has 0 aliphatic carbocycles. The summed E-state index contributed by atoms with van der Waals surface area (Å²) in [4.78, 5) is 10.6. The molecule has 0 fully saturated rings. The van der Waals surface area contributed by atoms with E-state index in [1.807, 2.05) is 30.3 Å². The Hall–Kier alpha value is -1.77. The molecular weight excluding hydrogens is 178 g/mol. The molecule has 0 aliphatic heterocycles. The Morgan fingerprint density at radius 3 is 2.50 bits per heavy atom. The summed E-state index contributed by atoms with van der Waals surface area (Å²) in [6.07, 6.45) is 0.521. The van der Waals surface area contributed by atoms with Gasteiger partial charge < -0.3 is 10.4 Å². The van der Waals surface area contributed by atoms with Crippen molar-refractivity contribution in [1.82, 2.24) is 5.32 Å².